The summed E-state index contributed by atoms with van der Waals surface area (Å²) in [6, 6.07) is 0. The van der Waals surface area contributed by atoms with Crippen LogP contribution in [0, 0.1) is 0 Å². The first-order chi connectivity index (χ1) is 9.63. The SMILES string of the molecule is C=NC(=O)CNC(=O)CCCCCN1OCC=CC1=O. The van der Waals surface area contributed by atoms with Crippen molar-refractivity contribution in [3.8, 4) is 0 Å². The van der Waals surface area contributed by atoms with Crippen molar-refractivity contribution in [2.45, 2.75) is 25.7 Å². The van der Waals surface area contributed by atoms with Crippen LogP contribution in [-0.4, -0.2) is 49.2 Å². The molecule has 1 aliphatic heterocycles. The van der Waals surface area contributed by atoms with E-state index in [0.717, 1.165) is 12.8 Å². The summed E-state index contributed by atoms with van der Waals surface area (Å²) in [6.07, 6.45) is 5.76. The predicted octanol–water partition coefficient (Wildman–Crippen LogP) is 0.220. The Labute approximate surface area is 117 Å². The van der Waals surface area contributed by atoms with E-state index in [1.165, 1.54) is 11.1 Å². The molecule has 7 heteroatoms. The second-order valence-corrected chi connectivity index (χ2v) is 4.28. The molecular weight excluding hydrogens is 262 g/mol. The van der Waals surface area contributed by atoms with Gasteiger partial charge in [-0.05, 0) is 19.6 Å². The van der Waals surface area contributed by atoms with Gasteiger partial charge in [-0.3, -0.25) is 19.2 Å². The summed E-state index contributed by atoms with van der Waals surface area (Å²) < 4.78 is 0. The van der Waals surface area contributed by atoms with Crippen molar-refractivity contribution in [1.29, 1.82) is 0 Å². The molecule has 0 unspecified atom stereocenters. The highest BCUT2D eigenvalue weighted by Crippen LogP contribution is 2.06. The molecule has 0 saturated heterocycles. The second-order valence-electron chi connectivity index (χ2n) is 4.28. The van der Waals surface area contributed by atoms with Crippen molar-refractivity contribution < 1.29 is 19.2 Å². The Morgan fingerprint density at radius 2 is 2.20 bits per heavy atom. The molecule has 0 aromatic carbocycles. The summed E-state index contributed by atoms with van der Waals surface area (Å²) in [5.74, 6) is -0.785. The number of unbranched alkanes of at least 4 members (excludes halogenated alkanes) is 2. The third kappa shape index (κ3) is 6.24. The minimum Gasteiger partial charge on any atom is -0.347 e. The Bertz CT molecular complexity index is 406. The zero-order valence-corrected chi connectivity index (χ0v) is 11.3. The fourth-order valence-corrected chi connectivity index (χ4v) is 1.64. The number of hydrogen-bond donors (Lipinski definition) is 1. The topological polar surface area (TPSA) is 88.1 Å². The van der Waals surface area contributed by atoms with Crippen molar-refractivity contribution >= 4 is 24.4 Å². The van der Waals surface area contributed by atoms with Crippen LogP contribution in [0.5, 0.6) is 0 Å². The van der Waals surface area contributed by atoms with Gasteiger partial charge in [0.25, 0.3) is 11.8 Å². The molecule has 0 fully saturated rings. The van der Waals surface area contributed by atoms with Gasteiger partial charge in [-0.2, -0.15) is 0 Å². The summed E-state index contributed by atoms with van der Waals surface area (Å²) >= 11 is 0. The molecule has 0 aromatic heterocycles. The quantitative estimate of drug-likeness (QED) is 0.509. The molecule has 1 aliphatic rings. The van der Waals surface area contributed by atoms with Gasteiger partial charge in [0.05, 0.1) is 13.2 Å². The maximum atomic E-state index is 11.4. The minimum absolute atomic E-state index is 0.106. The number of rotatable bonds is 8. The van der Waals surface area contributed by atoms with Crippen LogP contribution < -0.4 is 5.32 Å². The van der Waals surface area contributed by atoms with E-state index in [0.29, 0.717) is 26.0 Å². The van der Waals surface area contributed by atoms with E-state index in [-0.39, 0.29) is 18.4 Å². The molecule has 0 aliphatic carbocycles. The molecule has 20 heavy (non-hydrogen) atoms. The van der Waals surface area contributed by atoms with Gasteiger partial charge in [0.2, 0.25) is 5.91 Å². The van der Waals surface area contributed by atoms with E-state index in [1.807, 2.05) is 0 Å². The van der Waals surface area contributed by atoms with Gasteiger partial charge in [-0.1, -0.05) is 12.5 Å². The highest BCUT2D eigenvalue weighted by atomic mass is 16.7. The van der Waals surface area contributed by atoms with Crippen LogP contribution in [0.15, 0.2) is 17.1 Å². The first-order valence-corrected chi connectivity index (χ1v) is 6.50. The highest BCUT2D eigenvalue weighted by Gasteiger charge is 2.13. The van der Waals surface area contributed by atoms with Gasteiger partial charge in [-0.15, -0.1) is 0 Å². The van der Waals surface area contributed by atoms with Crippen molar-refractivity contribution in [3.63, 3.8) is 0 Å². The number of carbonyl (C=O) groups is 3. The average molecular weight is 281 g/mol. The Balaban J connectivity index is 2.03. The molecule has 0 saturated carbocycles. The minimum atomic E-state index is -0.452. The number of nitrogens with zero attached hydrogens (tertiary/aromatic N) is 2. The van der Waals surface area contributed by atoms with Crippen LogP contribution in [-0.2, 0) is 19.2 Å². The molecule has 0 radical (unpaired) electrons. The van der Waals surface area contributed by atoms with E-state index in [2.05, 4.69) is 17.0 Å². The Morgan fingerprint density at radius 1 is 1.40 bits per heavy atom. The number of nitrogens with one attached hydrogen (secondary N) is 1. The molecule has 1 rings (SSSR count). The molecule has 0 spiro atoms. The molecule has 1 N–H and O–H groups in total. The second kappa shape index (κ2) is 8.98. The van der Waals surface area contributed by atoms with Gasteiger partial charge >= 0.3 is 0 Å². The molecule has 7 nitrogen and oxygen atoms in total. The number of hydrogen-bond acceptors (Lipinski definition) is 4. The number of aliphatic imine (C=N–C) groups is 1. The van der Waals surface area contributed by atoms with Gasteiger partial charge in [-0.25, -0.2) is 10.1 Å². The third-order valence-electron chi connectivity index (χ3n) is 2.71. The van der Waals surface area contributed by atoms with E-state index in [4.69, 9.17) is 4.84 Å². The predicted molar refractivity (Wildman–Crippen MR) is 72.8 cm³/mol. The maximum absolute atomic E-state index is 11.4. The summed E-state index contributed by atoms with van der Waals surface area (Å²) in [6.45, 7) is 3.90. The van der Waals surface area contributed by atoms with E-state index in [9.17, 15) is 14.4 Å². The lowest BCUT2D eigenvalue weighted by atomic mass is 10.2. The van der Waals surface area contributed by atoms with Crippen LogP contribution in [0.1, 0.15) is 25.7 Å². The Kier molecular flexibility index (Phi) is 7.20. The van der Waals surface area contributed by atoms with Crippen molar-refractivity contribution in [2.75, 3.05) is 19.7 Å². The lowest BCUT2D eigenvalue weighted by Gasteiger charge is -2.22. The lowest BCUT2D eigenvalue weighted by molar-refractivity contribution is -0.180. The summed E-state index contributed by atoms with van der Waals surface area (Å²) in [5.41, 5.74) is 0. The highest BCUT2D eigenvalue weighted by molar-refractivity contribution is 5.87. The Morgan fingerprint density at radius 3 is 2.90 bits per heavy atom. The molecule has 1 heterocycles. The monoisotopic (exact) mass is 281 g/mol. The largest absolute Gasteiger partial charge is 0.347 e. The van der Waals surface area contributed by atoms with Crippen molar-refractivity contribution in [3.05, 3.63) is 12.2 Å². The molecule has 3 amide bonds. The van der Waals surface area contributed by atoms with Crippen molar-refractivity contribution in [1.82, 2.24) is 10.4 Å². The smallest absolute Gasteiger partial charge is 0.269 e. The molecule has 0 aromatic rings. The standard InChI is InChI=1S/C13H19N3O4/c1-14-12(18)10-15-11(17)6-3-2-4-8-16-13(19)7-5-9-20-16/h5,7H,1-4,6,8-10H2,(H,15,17). The molecule has 110 valence electrons. The summed E-state index contributed by atoms with van der Waals surface area (Å²) in [5, 5.41) is 3.79. The number of hydroxylamine groups is 2. The zero-order chi connectivity index (χ0) is 14.8. The van der Waals surface area contributed by atoms with Crippen LogP contribution >= 0.6 is 0 Å². The Hall–Kier alpha value is -2.02. The third-order valence-corrected chi connectivity index (χ3v) is 2.71. The fraction of sp³-hybridized carbons (Fsp3) is 0.538. The molecule has 0 atom stereocenters. The van der Waals surface area contributed by atoms with Crippen LogP contribution in [0.25, 0.3) is 0 Å². The normalized spacial score (nSPS) is 14.2. The van der Waals surface area contributed by atoms with Gasteiger partial charge in [0, 0.05) is 19.0 Å². The zero-order valence-electron chi connectivity index (χ0n) is 11.3. The first-order valence-electron chi connectivity index (χ1n) is 6.50. The van der Waals surface area contributed by atoms with Gasteiger partial charge in [0.15, 0.2) is 0 Å². The molecular formula is C13H19N3O4. The average Bonchev–Trinajstić information content (AvgIpc) is 2.46. The summed E-state index contributed by atoms with van der Waals surface area (Å²) in [4.78, 5) is 41.8. The number of carbonyl (C=O) groups excluding carboxylic acids is 3. The fourth-order valence-electron chi connectivity index (χ4n) is 1.64. The maximum Gasteiger partial charge on any atom is 0.269 e. The number of amides is 3. The van der Waals surface area contributed by atoms with Crippen LogP contribution in [0.4, 0.5) is 0 Å². The van der Waals surface area contributed by atoms with E-state index in [1.54, 1.807) is 6.08 Å². The van der Waals surface area contributed by atoms with E-state index < -0.39 is 5.91 Å². The van der Waals surface area contributed by atoms with Crippen LogP contribution in [0.2, 0.25) is 0 Å². The van der Waals surface area contributed by atoms with Gasteiger partial charge in [0.1, 0.15) is 0 Å². The van der Waals surface area contributed by atoms with Crippen molar-refractivity contribution in [2.24, 2.45) is 4.99 Å². The summed E-state index contributed by atoms with van der Waals surface area (Å²) in [7, 11) is 0. The van der Waals surface area contributed by atoms with Crippen LogP contribution in [0.3, 0.4) is 0 Å². The van der Waals surface area contributed by atoms with E-state index >= 15 is 0 Å². The van der Waals surface area contributed by atoms with Gasteiger partial charge < -0.3 is 5.32 Å². The molecule has 0 bridgehead atoms. The lowest BCUT2D eigenvalue weighted by Crippen LogP contribution is -2.33. The first kappa shape index (κ1) is 16.0.